The van der Waals surface area contributed by atoms with Crippen molar-refractivity contribution in [1.82, 2.24) is 15.9 Å². The number of methoxy groups -OCH3 is 1. The lowest BCUT2D eigenvalue weighted by molar-refractivity contribution is -0.130. The zero-order chi connectivity index (χ0) is 28.4. The van der Waals surface area contributed by atoms with E-state index in [-0.39, 0.29) is 12.5 Å². The average molecular weight is 545 g/mol. The second kappa shape index (κ2) is 14.5. The van der Waals surface area contributed by atoms with Gasteiger partial charge in [0, 0.05) is 25.1 Å². The number of hydrogen-bond donors (Lipinski definition) is 5. The molecule has 0 saturated heterocycles. The molecule has 10 heteroatoms. The van der Waals surface area contributed by atoms with Gasteiger partial charge in [0.2, 0.25) is 0 Å². The van der Waals surface area contributed by atoms with E-state index in [1.54, 1.807) is 24.6 Å². The van der Waals surface area contributed by atoms with Crippen LogP contribution in [-0.2, 0) is 22.7 Å². The molecule has 6 N–H and O–H groups in total. The Morgan fingerprint density at radius 2 is 1.97 bits per heavy atom. The molecule has 0 saturated carbocycles. The van der Waals surface area contributed by atoms with Crippen molar-refractivity contribution in [3.8, 4) is 5.75 Å². The van der Waals surface area contributed by atoms with Gasteiger partial charge >= 0.3 is 0 Å². The van der Waals surface area contributed by atoms with E-state index in [1.165, 1.54) is 0 Å². The number of amides is 1. The highest BCUT2D eigenvalue weighted by atomic mass is 16.5. The number of carbonyl (C=O) groups excluding carboxylic acids is 1. The number of benzene rings is 1. The molecule has 0 radical (unpaired) electrons. The first-order valence-corrected chi connectivity index (χ1v) is 13.4. The molecule has 39 heavy (non-hydrogen) atoms. The Hall–Kier alpha value is -2.89. The minimum absolute atomic E-state index is 0.0887. The van der Waals surface area contributed by atoms with Crippen molar-refractivity contribution in [1.29, 1.82) is 0 Å². The number of nitrogens with one attached hydrogen (secondary N) is 2. The Morgan fingerprint density at radius 1 is 1.23 bits per heavy atom. The second-order valence-electron chi connectivity index (χ2n) is 11.3. The number of allylic oxidation sites excluding steroid dienone is 2. The van der Waals surface area contributed by atoms with Crippen LogP contribution in [0, 0.1) is 11.3 Å². The van der Waals surface area contributed by atoms with Crippen molar-refractivity contribution in [3.05, 3.63) is 65.8 Å². The number of furan rings is 1. The summed E-state index contributed by atoms with van der Waals surface area (Å²) in [5.74, 6) is 1.64. The summed E-state index contributed by atoms with van der Waals surface area (Å²) in [5, 5.41) is 22.6. The number of aliphatic hydroxyl groups excluding tert-OH is 1. The van der Waals surface area contributed by atoms with Crippen LogP contribution >= 0.6 is 0 Å². The van der Waals surface area contributed by atoms with Gasteiger partial charge in [-0.05, 0) is 60.4 Å². The molecule has 3 rings (SSSR count). The van der Waals surface area contributed by atoms with E-state index < -0.39 is 23.6 Å². The maximum Gasteiger partial charge on any atom is 0.251 e. The molecule has 1 aliphatic carbocycles. The van der Waals surface area contributed by atoms with Gasteiger partial charge in [-0.25, -0.2) is 5.01 Å². The van der Waals surface area contributed by atoms with Crippen LogP contribution in [0.1, 0.15) is 57.6 Å². The topological polar surface area (TPSA) is 142 Å². The summed E-state index contributed by atoms with van der Waals surface area (Å²) in [6.07, 6.45) is 7.51. The Bertz CT molecular complexity index is 1040. The number of hydroxylamine groups is 1. The Balaban J connectivity index is 1.65. The predicted octanol–water partition coefficient (Wildman–Crippen LogP) is 3.49. The first kappa shape index (κ1) is 30.6. The average Bonchev–Trinajstić information content (AvgIpc) is 3.44. The number of carbonyl (C=O) groups is 1. The van der Waals surface area contributed by atoms with Crippen molar-refractivity contribution in [3.63, 3.8) is 0 Å². The molecule has 2 aromatic rings. The molecule has 10 nitrogen and oxygen atoms in total. The molecule has 1 aromatic carbocycles. The van der Waals surface area contributed by atoms with Gasteiger partial charge in [0.05, 0.1) is 43.6 Å². The minimum atomic E-state index is -0.952. The quantitative estimate of drug-likeness (QED) is 0.226. The molecule has 0 spiro atoms. The Morgan fingerprint density at radius 3 is 2.54 bits per heavy atom. The lowest BCUT2D eigenvalue weighted by atomic mass is 9.86. The van der Waals surface area contributed by atoms with Crippen molar-refractivity contribution in [2.45, 2.75) is 77.8 Å². The van der Waals surface area contributed by atoms with Crippen molar-refractivity contribution >= 4 is 5.91 Å². The largest absolute Gasteiger partial charge is 0.501 e. The predicted molar refractivity (Wildman–Crippen MR) is 147 cm³/mol. The third-order valence-corrected chi connectivity index (χ3v) is 7.13. The highest BCUT2D eigenvalue weighted by Crippen LogP contribution is 2.28. The van der Waals surface area contributed by atoms with Crippen LogP contribution in [0.3, 0.4) is 0 Å². The molecule has 216 valence electrons. The molecule has 3 unspecified atom stereocenters. The summed E-state index contributed by atoms with van der Waals surface area (Å²) in [5.41, 5.74) is 12.8. The van der Waals surface area contributed by atoms with Crippen LogP contribution in [0.25, 0.3) is 0 Å². The van der Waals surface area contributed by atoms with Crippen LogP contribution in [0.5, 0.6) is 5.75 Å². The zero-order valence-electron chi connectivity index (χ0n) is 23.4. The summed E-state index contributed by atoms with van der Waals surface area (Å²) in [7, 11) is 1.67. The normalized spacial score (nSPS) is 18.3. The maximum atomic E-state index is 13.0. The van der Waals surface area contributed by atoms with Crippen LogP contribution < -0.4 is 21.4 Å². The standard InChI is InChI=1S/C29H44N4O6/c1-29(2,3)27(30)28(35)31-33(16-21-7-11-24(12-8-21)39-19-22-13-14-38-18-22)17-26(34)25(32-36)15-20-5-9-23(37-4)10-6-20/h7-9,11-14,18,20,25-27,32,34,36H,5-6,10,15-17,19,30H2,1-4H3,(H,31,35)/t20-,25?,26?,27?/m1/s1. The highest BCUT2D eigenvalue weighted by molar-refractivity contribution is 5.81. The van der Waals surface area contributed by atoms with Crippen molar-refractivity contribution in [2.75, 3.05) is 13.7 Å². The number of nitrogens with two attached hydrogens (primary N) is 1. The van der Waals surface area contributed by atoms with Crippen LogP contribution in [0.15, 0.2) is 59.1 Å². The van der Waals surface area contributed by atoms with E-state index in [9.17, 15) is 15.1 Å². The Kier molecular flexibility index (Phi) is 11.4. The lowest BCUT2D eigenvalue weighted by Crippen LogP contribution is -2.56. The van der Waals surface area contributed by atoms with E-state index in [0.717, 1.165) is 36.1 Å². The number of hydrazine groups is 1. The van der Waals surface area contributed by atoms with Crippen molar-refractivity contribution in [2.24, 2.45) is 17.1 Å². The molecule has 1 heterocycles. The van der Waals surface area contributed by atoms with E-state index >= 15 is 0 Å². The van der Waals surface area contributed by atoms with Crippen LogP contribution in [0.4, 0.5) is 0 Å². The molecule has 1 aromatic heterocycles. The number of ether oxygens (including phenoxy) is 2. The first-order valence-electron chi connectivity index (χ1n) is 13.4. The molecule has 0 fully saturated rings. The van der Waals surface area contributed by atoms with Crippen LogP contribution in [0.2, 0.25) is 0 Å². The first-order chi connectivity index (χ1) is 18.6. The van der Waals surface area contributed by atoms with Crippen LogP contribution in [-0.4, -0.2) is 53.1 Å². The fourth-order valence-corrected chi connectivity index (χ4v) is 4.49. The molecule has 4 atom stereocenters. The monoisotopic (exact) mass is 544 g/mol. The molecule has 0 aliphatic heterocycles. The van der Waals surface area contributed by atoms with Gasteiger partial charge in [-0.15, -0.1) is 0 Å². The second-order valence-corrected chi connectivity index (χ2v) is 11.3. The molecular weight excluding hydrogens is 500 g/mol. The van der Waals surface area contributed by atoms with Crippen molar-refractivity contribution < 1.29 is 29.0 Å². The third kappa shape index (κ3) is 9.66. The van der Waals surface area contributed by atoms with E-state index in [4.69, 9.17) is 19.6 Å². The minimum Gasteiger partial charge on any atom is -0.501 e. The smallest absolute Gasteiger partial charge is 0.251 e. The molecule has 0 bridgehead atoms. The van der Waals surface area contributed by atoms with Gasteiger partial charge in [0.25, 0.3) is 5.91 Å². The van der Waals surface area contributed by atoms with Gasteiger partial charge < -0.3 is 29.9 Å². The van der Waals surface area contributed by atoms with E-state index in [0.29, 0.717) is 31.2 Å². The lowest BCUT2D eigenvalue weighted by Gasteiger charge is -2.33. The summed E-state index contributed by atoms with van der Waals surface area (Å²) < 4.78 is 16.2. The van der Waals surface area contributed by atoms with Gasteiger partial charge in [0.1, 0.15) is 12.4 Å². The summed E-state index contributed by atoms with van der Waals surface area (Å²) in [4.78, 5) is 13.0. The fraction of sp³-hybridized carbons (Fsp3) is 0.552. The summed E-state index contributed by atoms with van der Waals surface area (Å²) in [6.45, 7) is 6.51. The fourth-order valence-electron chi connectivity index (χ4n) is 4.49. The highest BCUT2D eigenvalue weighted by Gasteiger charge is 2.31. The van der Waals surface area contributed by atoms with E-state index in [1.807, 2.05) is 51.1 Å². The summed E-state index contributed by atoms with van der Waals surface area (Å²) >= 11 is 0. The number of hydrogen-bond acceptors (Lipinski definition) is 9. The number of rotatable bonds is 14. The van der Waals surface area contributed by atoms with Gasteiger partial charge in [-0.1, -0.05) is 32.9 Å². The number of aliphatic hydroxyl groups is 1. The third-order valence-electron chi connectivity index (χ3n) is 7.13. The molecule has 1 aliphatic rings. The summed E-state index contributed by atoms with van der Waals surface area (Å²) in [6, 6.07) is 8.06. The number of nitrogens with zero attached hydrogens (tertiary/aromatic N) is 1. The zero-order valence-corrected chi connectivity index (χ0v) is 23.4. The molecule has 1 amide bonds. The SMILES string of the molecule is COC1=CC[C@@H](CC(NO)C(O)CN(Cc2ccc(OCc3ccoc3)cc2)NC(=O)C(N)C(C)(C)C)CC1. The van der Waals surface area contributed by atoms with Gasteiger partial charge in [-0.2, -0.15) is 5.48 Å². The van der Waals surface area contributed by atoms with Gasteiger partial charge in [0.15, 0.2) is 0 Å². The van der Waals surface area contributed by atoms with Gasteiger partial charge in [-0.3, -0.25) is 10.2 Å². The maximum absolute atomic E-state index is 13.0. The van der Waals surface area contributed by atoms with E-state index in [2.05, 4.69) is 17.0 Å². The molecular formula is C29H44N4O6. The Labute approximate surface area is 231 Å².